The summed E-state index contributed by atoms with van der Waals surface area (Å²) in [4.78, 5) is 0. The first kappa shape index (κ1) is 13.9. The highest BCUT2D eigenvalue weighted by Gasteiger charge is 2.28. The van der Waals surface area contributed by atoms with E-state index in [1.165, 1.54) is 0 Å². The van der Waals surface area contributed by atoms with E-state index in [-0.39, 0.29) is 0 Å². The number of anilines is 1. The molecule has 0 spiro atoms. The predicted molar refractivity (Wildman–Crippen MR) is 59.4 cm³/mol. The number of aromatic hydroxyl groups is 2. The highest BCUT2D eigenvalue weighted by molar-refractivity contribution is 5.73. The summed E-state index contributed by atoms with van der Waals surface area (Å²) in [6.45, 7) is 0. The fourth-order valence-electron chi connectivity index (χ4n) is 1.63. The molecule has 0 fully saturated rings. The number of hydrogen-bond donors (Lipinski definition) is 3. The van der Waals surface area contributed by atoms with Gasteiger partial charge in [-0.25, -0.2) is 13.2 Å². The average Bonchev–Trinajstić information content (AvgIpc) is 2.43. The maximum Gasteiger partial charge on any atom is 0.204 e. The van der Waals surface area contributed by atoms with E-state index in [2.05, 4.69) is 0 Å². The van der Waals surface area contributed by atoms with Gasteiger partial charge >= 0.3 is 0 Å². The number of halogens is 5. The van der Waals surface area contributed by atoms with Crippen molar-refractivity contribution in [2.24, 2.45) is 0 Å². The molecule has 2 aromatic carbocycles. The second-order valence-corrected chi connectivity index (χ2v) is 3.84. The molecule has 0 aromatic heterocycles. The molecule has 0 radical (unpaired) electrons. The SMILES string of the molecule is Nc1c(O)ccc(-c2c(F)c(F)c(O)c(F)c2F)c1F. The predicted octanol–water partition coefficient (Wildman–Crippen LogP) is 3.04. The average molecular weight is 291 g/mol. The first-order valence-electron chi connectivity index (χ1n) is 5.09. The van der Waals surface area contributed by atoms with Gasteiger partial charge in [0.25, 0.3) is 0 Å². The molecule has 2 aromatic rings. The summed E-state index contributed by atoms with van der Waals surface area (Å²) in [5.74, 6) is -12.1. The zero-order chi connectivity index (χ0) is 15.2. The first-order valence-corrected chi connectivity index (χ1v) is 5.09. The van der Waals surface area contributed by atoms with E-state index >= 15 is 0 Å². The van der Waals surface area contributed by atoms with Gasteiger partial charge in [0, 0.05) is 5.56 Å². The van der Waals surface area contributed by atoms with E-state index in [1.54, 1.807) is 0 Å². The topological polar surface area (TPSA) is 66.5 Å². The molecule has 0 saturated carbocycles. The van der Waals surface area contributed by atoms with Crippen LogP contribution in [0.15, 0.2) is 12.1 Å². The van der Waals surface area contributed by atoms with Gasteiger partial charge in [-0.2, -0.15) is 8.78 Å². The minimum absolute atomic E-state index is 0.693. The Morgan fingerprint density at radius 2 is 1.25 bits per heavy atom. The number of benzene rings is 2. The van der Waals surface area contributed by atoms with Crippen molar-refractivity contribution in [1.29, 1.82) is 0 Å². The van der Waals surface area contributed by atoms with Crippen molar-refractivity contribution in [1.82, 2.24) is 0 Å². The van der Waals surface area contributed by atoms with Gasteiger partial charge in [0.1, 0.15) is 11.4 Å². The summed E-state index contributed by atoms with van der Waals surface area (Å²) in [5, 5.41) is 17.9. The molecule has 0 unspecified atom stereocenters. The van der Waals surface area contributed by atoms with E-state index in [1.807, 2.05) is 0 Å². The van der Waals surface area contributed by atoms with Crippen molar-refractivity contribution in [3.8, 4) is 22.6 Å². The summed E-state index contributed by atoms with van der Waals surface area (Å²) in [6.07, 6.45) is 0. The Labute approximate surface area is 108 Å². The number of phenols is 2. The third kappa shape index (κ3) is 1.80. The minimum atomic E-state index is -2.06. The van der Waals surface area contributed by atoms with Crippen molar-refractivity contribution in [2.75, 3.05) is 5.73 Å². The number of phenolic OH excluding ortho intramolecular Hbond substituents is 2. The van der Waals surface area contributed by atoms with Gasteiger partial charge in [0.15, 0.2) is 23.2 Å². The Hall–Kier alpha value is -2.51. The maximum absolute atomic E-state index is 13.7. The van der Waals surface area contributed by atoms with Gasteiger partial charge in [0.05, 0.1) is 5.56 Å². The molecule has 8 heteroatoms. The van der Waals surface area contributed by atoms with Crippen LogP contribution >= 0.6 is 0 Å². The highest BCUT2D eigenvalue weighted by Crippen LogP contribution is 2.38. The van der Waals surface area contributed by atoms with Crippen molar-refractivity contribution < 1.29 is 32.2 Å². The Bertz CT molecular complexity index is 689. The van der Waals surface area contributed by atoms with Crippen LogP contribution < -0.4 is 5.73 Å². The minimum Gasteiger partial charge on any atom is -0.506 e. The van der Waals surface area contributed by atoms with Crippen LogP contribution in [0.5, 0.6) is 11.5 Å². The van der Waals surface area contributed by atoms with Gasteiger partial charge in [0.2, 0.25) is 11.6 Å². The maximum atomic E-state index is 13.7. The third-order valence-corrected chi connectivity index (χ3v) is 2.67. The van der Waals surface area contributed by atoms with Crippen LogP contribution in [0.3, 0.4) is 0 Å². The van der Waals surface area contributed by atoms with Gasteiger partial charge < -0.3 is 15.9 Å². The second kappa shape index (κ2) is 4.55. The molecule has 0 atom stereocenters. The lowest BCUT2D eigenvalue weighted by Crippen LogP contribution is -2.03. The largest absolute Gasteiger partial charge is 0.506 e. The lowest BCUT2D eigenvalue weighted by Gasteiger charge is -2.11. The quantitative estimate of drug-likeness (QED) is 0.327. The Kier molecular flexibility index (Phi) is 3.16. The Morgan fingerprint density at radius 3 is 1.75 bits per heavy atom. The molecular weight excluding hydrogens is 285 g/mol. The summed E-state index contributed by atoms with van der Waals surface area (Å²) >= 11 is 0. The molecule has 0 aliphatic heterocycles. The fourth-order valence-corrected chi connectivity index (χ4v) is 1.63. The highest BCUT2D eigenvalue weighted by atomic mass is 19.2. The van der Waals surface area contributed by atoms with E-state index in [4.69, 9.17) is 15.9 Å². The van der Waals surface area contributed by atoms with Crippen LogP contribution in [0, 0.1) is 29.1 Å². The molecule has 0 aliphatic rings. The van der Waals surface area contributed by atoms with Crippen molar-refractivity contribution in [3.05, 3.63) is 41.2 Å². The summed E-state index contributed by atoms with van der Waals surface area (Å²) in [7, 11) is 0. The number of rotatable bonds is 1. The molecule has 0 bridgehead atoms. The van der Waals surface area contributed by atoms with E-state index in [0.717, 1.165) is 6.07 Å². The van der Waals surface area contributed by atoms with E-state index in [0.29, 0.717) is 6.07 Å². The van der Waals surface area contributed by atoms with Crippen molar-refractivity contribution in [3.63, 3.8) is 0 Å². The molecular formula is C12H6F5NO2. The van der Waals surface area contributed by atoms with Crippen molar-refractivity contribution in [2.45, 2.75) is 0 Å². The fraction of sp³-hybridized carbons (Fsp3) is 0. The van der Waals surface area contributed by atoms with E-state index in [9.17, 15) is 22.0 Å². The second-order valence-electron chi connectivity index (χ2n) is 3.84. The van der Waals surface area contributed by atoms with Gasteiger partial charge in [-0.1, -0.05) is 0 Å². The smallest absolute Gasteiger partial charge is 0.204 e. The molecule has 0 heterocycles. The number of hydrogen-bond acceptors (Lipinski definition) is 3. The lowest BCUT2D eigenvalue weighted by atomic mass is 10.0. The normalized spacial score (nSPS) is 10.8. The standard InChI is InChI=1S/C12H6F5NO2/c13-6-3(1-2-4(19)11(6)18)5-7(14)9(16)12(20)10(17)8(5)15/h1-2,19-20H,18H2. The molecule has 20 heavy (non-hydrogen) atoms. The first-order chi connectivity index (χ1) is 9.27. The molecule has 0 aliphatic carbocycles. The lowest BCUT2D eigenvalue weighted by molar-refractivity contribution is 0.358. The zero-order valence-electron chi connectivity index (χ0n) is 9.52. The van der Waals surface area contributed by atoms with Gasteiger partial charge in [-0.05, 0) is 12.1 Å². The summed E-state index contributed by atoms with van der Waals surface area (Å²) in [6, 6.07) is 1.49. The van der Waals surface area contributed by atoms with Crippen LogP contribution in [-0.2, 0) is 0 Å². The molecule has 2 rings (SSSR count). The van der Waals surface area contributed by atoms with E-state index < -0.39 is 57.4 Å². The Morgan fingerprint density at radius 1 is 0.750 bits per heavy atom. The molecule has 3 nitrogen and oxygen atoms in total. The zero-order valence-corrected chi connectivity index (χ0v) is 9.52. The van der Waals surface area contributed by atoms with Crippen LogP contribution in [0.2, 0.25) is 0 Å². The number of nitrogen functional groups attached to an aromatic ring is 1. The third-order valence-electron chi connectivity index (χ3n) is 2.67. The van der Waals surface area contributed by atoms with Crippen LogP contribution in [-0.4, -0.2) is 10.2 Å². The summed E-state index contributed by atoms with van der Waals surface area (Å²) < 4.78 is 67.3. The van der Waals surface area contributed by atoms with Crippen LogP contribution in [0.4, 0.5) is 27.6 Å². The Balaban J connectivity index is 2.87. The van der Waals surface area contributed by atoms with Crippen LogP contribution in [0.1, 0.15) is 0 Å². The molecule has 0 saturated heterocycles. The molecule has 4 N–H and O–H groups in total. The molecule has 0 amide bonds. The number of nitrogens with two attached hydrogens (primary N) is 1. The van der Waals surface area contributed by atoms with Gasteiger partial charge in [-0.15, -0.1) is 0 Å². The monoisotopic (exact) mass is 291 g/mol. The van der Waals surface area contributed by atoms with Gasteiger partial charge in [-0.3, -0.25) is 0 Å². The summed E-state index contributed by atoms with van der Waals surface area (Å²) in [5.41, 5.74) is 2.01. The van der Waals surface area contributed by atoms with Crippen LogP contribution in [0.25, 0.3) is 11.1 Å². The van der Waals surface area contributed by atoms with Crippen molar-refractivity contribution >= 4 is 5.69 Å². The molecule has 106 valence electrons.